The van der Waals surface area contributed by atoms with Gasteiger partial charge in [-0.25, -0.2) is 0 Å². The highest BCUT2D eigenvalue weighted by molar-refractivity contribution is 5.75. The van der Waals surface area contributed by atoms with Gasteiger partial charge >= 0.3 is 0 Å². The van der Waals surface area contributed by atoms with E-state index >= 15 is 0 Å². The van der Waals surface area contributed by atoms with Crippen molar-refractivity contribution >= 4 is 6.29 Å². The van der Waals surface area contributed by atoms with E-state index < -0.39 is 0 Å². The summed E-state index contributed by atoms with van der Waals surface area (Å²) >= 11 is 0. The number of aldehydes is 1. The van der Waals surface area contributed by atoms with Gasteiger partial charge in [0.05, 0.1) is 36.5 Å². The van der Waals surface area contributed by atoms with Crippen LogP contribution in [-0.4, -0.2) is 44.9 Å². The Bertz CT molecular complexity index is 3200. The van der Waals surface area contributed by atoms with Gasteiger partial charge in [0.2, 0.25) is 0 Å². The number of carbonyl (C=O) groups excluding carboxylic acids is 1. The maximum atomic E-state index is 11.5. The summed E-state index contributed by atoms with van der Waals surface area (Å²) in [5.41, 5.74) is 9.40. The predicted octanol–water partition coefficient (Wildman–Crippen LogP) is 24.6. The molecule has 8 aliphatic carbocycles. The maximum Gasteiger partial charge on any atom is 0.150 e. The number of hydrogen-bond donors (Lipinski definition) is 0. The third-order valence-electron chi connectivity index (χ3n) is 28.4. The number of fused-ring (bicyclic) bond motifs is 10. The van der Waals surface area contributed by atoms with Crippen LogP contribution in [0.2, 0.25) is 0 Å². The van der Waals surface area contributed by atoms with E-state index in [0.717, 1.165) is 176 Å². The lowest BCUT2D eigenvalue weighted by Crippen LogP contribution is -2.51. The van der Waals surface area contributed by atoms with Gasteiger partial charge in [0.1, 0.15) is 17.8 Å². The minimum absolute atomic E-state index is 0.379. The molecule has 0 bridgehead atoms. The lowest BCUT2D eigenvalue weighted by molar-refractivity contribution is -0.0641. The minimum atomic E-state index is 0.379. The number of ether oxygens (including phenoxy) is 4. The van der Waals surface area contributed by atoms with Gasteiger partial charge in [-0.3, -0.25) is 4.79 Å². The zero-order valence-corrected chi connectivity index (χ0v) is 63.6. The predicted molar refractivity (Wildman–Crippen MR) is 409 cm³/mol. The Morgan fingerprint density at radius 2 is 0.857 bits per heavy atom. The molecule has 11 rings (SSSR count). The SMILES string of the molecule is CC(C)CCC[C@@H](C)[C@H]1CC[C@H]2[C@@H]3CC=C4C[C@@H](OCCCCCCCCOc5cc(C#Cc6ccc(C=O)cc6)c(OCCCCCCCCO[C@H]6CC[C@@]7(C)C(=CC[C@H]8[C@@H]9CC[C@H]([C@H](C)CCCC(C)C)[C@@]9(C)CC[C@@H]87)C6)cc5C#Cc5ccccc5)CC[C@]4(C)[C@H]3CC[C@]12C. The van der Waals surface area contributed by atoms with Crippen molar-refractivity contribution in [2.45, 2.75) is 300 Å². The molecule has 0 amide bonds. The highest BCUT2D eigenvalue weighted by Crippen LogP contribution is 2.69. The second-order valence-electron chi connectivity index (χ2n) is 35.4. The number of hydrogen-bond acceptors (Lipinski definition) is 5. The van der Waals surface area contributed by atoms with Crippen LogP contribution in [-0.2, 0) is 9.47 Å². The van der Waals surface area contributed by atoms with Crippen molar-refractivity contribution in [3.05, 3.63) is 118 Å². The van der Waals surface area contributed by atoms with Crippen molar-refractivity contribution in [1.29, 1.82) is 0 Å². The molecule has 0 aromatic heterocycles. The second-order valence-corrected chi connectivity index (χ2v) is 35.4. The van der Waals surface area contributed by atoms with E-state index in [0.29, 0.717) is 52.6 Å². The highest BCUT2D eigenvalue weighted by Gasteiger charge is 2.61. The van der Waals surface area contributed by atoms with Crippen LogP contribution in [0.1, 0.15) is 320 Å². The fourth-order valence-electron chi connectivity index (χ4n) is 22.7. The first-order chi connectivity index (χ1) is 47.5. The number of allylic oxidation sites excluding steroid dienone is 2. The minimum Gasteiger partial charge on any atom is -0.492 e. The van der Waals surface area contributed by atoms with E-state index in [9.17, 15) is 4.79 Å². The summed E-state index contributed by atoms with van der Waals surface area (Å²) in [7, 11) is 0. The van der Waals surface area contributed by atoms with Crippen molar-refractivity contribution in [2.24, 2.45) is 92.7 Å². The Hall–Kier alpha value is -4.55. The first-order valence-corrected chi connectivity index (χ1v) is 41.2. The van der Waals surface area contributed by atoms with Gasteiger partial charge < -0.3 is 18.9 Å². The van der Waals surface area contributed by atoms with Crippen molar-refractivity contribution in [3.8, 4) is 35.2 Å². The fourth-order valence-corrected chi connectivity index (χ4v) is 22.7. The molecule has 5 heteroatoms. The molecule has 536 valence electrons. The first-order valence-electron chi connectivity index (χ1n) is 41.2. The summed E-state index contributed by atoms with van der Waals surface area (Å²) in [6.07, 6.45) is 51.0. The smallest absolute Gasteiger partial charge is 0.150 e. The zero-order valence-electron chi connectivity index (χ0n) is 63.6. The van der Waals surface area contributed by atoms with E-state index in [1.54, 1.807) is 11.1 Å². The lowest BCUT2D eigenvalue weighted by Gasteiger charge is -2.58. The molecule has 0 aliphatic heterocycles. The van der Waals surface area contributed by atoms with Gasteiger partial charge in [-0.15, -0.1) is 0 Å². The van der Waals surface area contributed by atoms with E-state index in [1.807, 2.05) is 66.7 Å². The maximum absolute atomic E-state index is 11.5. The molecule has 6 saturated carbocycles. The standard InChI is InChI=1S/C93H134O5/c1-67(2)28-26-30-69(5)82-46-48-84-80-44-42-76-64-78(50-54-90(76,7)86(80)52-56-92(82,84)9)95-58-22-15-11-13-17-24-60-97-88-63-75(41-39-72-34-36-73(66-94)37-35-72)89(62-74(88)40-38-71-32-20-19-21-33-71)98-61-25-18-14-12-16-23-59-96-79-51-55-91(8)77(65-79)43-45-81-85-49-47-83(70(6)31-27-29-68(3)4)93(85,10)57-53-87(81)91/h19-21,32-37,42-43,62-63,66-70,78-87H,11-18,22-31,44-61,64-65H2,1-10H3/t69-,70-,78+,79+,80+,81+,82-,83-,84+,85+,86+,87+,90+,91+,92-,93-/m1/s1. The molecular formula is C93H134O5. The molecule has 5 nitrogen and oxygen atoms in total. The van der Waals surface area contributed by atoms with E-state index in [-0.39, 0.29) is 0 Å². The zero-order chi connectivity index (χ0) is 68.7. The number of carbonyl (C=O) groups is 1. The van der Waals surface area contributed by atoms with Gasteiger partial charge in [-0.2, -0.15) is 0 Å². The molecule has 3 aromatic carbocycles. The third-order valence-corrected chi connectivity index (χ3v) is 28.4. The molecule has 0 heterocycles. The summed E-state index contributed by atoms with van der Waals surface area (Å²) in [6, 6.07) is 21.7. The summed E-state index contributed by atoms with van der Waals surface area (Å²) in [5, 5.41) is 0. The molecular weight excluding hydrogens is 1200 g/mol. The van der Waals surface area contributed by atoms with Crippen molar-refractivity contribution < 1.29 is 23.7 Å². The quantitative estimate of drug-likeness (QED) is 0.0263. The molecule has 6 fully saturated rings. The Morgan fingerprint density at radius 1 is 0.439 bits per heavy atom. The van der Waals surface area contributed by atoms with Crippen molar-refractivity contribution in [1.82, 2.24) is 0 Å². The molecule has 0 saturated heterocycles. The normalized spacial score (nSPS) is 31.3. The highest BCUT2D eigenvalue weighted by atomic mass is 16.5. The van der Waals surface area contributed by atoms with E-state index in [2.05, 4.69) is 105 Å². The van der Waals surface area contributed by atoms with Crippen LogP contribution in [0.15, 0.2) is 90.0 Å². The number of rotatable bonds is 33. The van der Waals surface area contributed by atoms with Crippen LogP contribution >= 0.6 is 0 Å². The summed E-state index contributed by atoms with van der Waals surface area (Å²) in [4.78, 5) is 11.5. The topological polar surface area (TPSA) is 54.0 Å². The summed E-state index contributed by atoms with van der Waals surface area (Å²) in [6.45, 7) is 28.6. The van der Waals surface area contributed by atoms with Crippen LogP contribution in [0, 0.1) is 116 Å². The Balaban J connectivity index is 0.600. The largest absolute Gasteiger partial charge is 0.492 e. The molecule has 3 aromatic rings. The van der Waals surface area contributed by atoms with Gasteiger partial charge in [-0.05, 0) is 245 Å². The number of benzene rings is 3. The van der Waals surface area contributed by atoms with Crippen molar-refractivity contribution in [2.75, 3.05) is 26.4 Å². The molecule has 0 unspecified atom stereocenters. The van der Waals surface area contributed by atoms with Crippen LogP contribution in [0.5, 0.6) is 11.5 Å². The second kappa shape index (κ2) is 35.1. The van der Waals surface area contributed by atoms with Crippen LogP contribution in [0.4, 0.5) is 0 Å². The van der Waals surface area contributed by atoms with Gasteiger partial charge in [0.15, 0.2) is 0 Å². The van der Waals surface area contributed by atoms with Crippen LogP contribution in [0.25, 0.3) is 0 Å². The molecule has 0 N–H and O–H groups in total. The summed E-state index contributed by atoms with van der Waals surface area (Å²) < 4.78 is 26.7. The molecule has 0 radical (unpaired) electrons. The van der Waals surface area contributed by atoms with Crippen LogP contribution in [0.3, 0.4) is 0 Å². The van der Waals surface area contributed by atoms with E-state index in [1.165, 1.54) is 167 Å². The van der Waals surface area contributed by atoms with Gasteiger partial charge in [-0.1, -0.05) is 236 Å². The summed E-state index contributed by atoms with van der Waals surface area (Å²) in [5.74, 6) is 25.7. The monoisotopic (exact) mass is 1330 g/mol. The molecule has 98 heavy (non-hydrogen) atoms. The first kappa shape index (κ1) is 74.6. The average molecular weight is 1330 g/mol. The lowest BCUT2D eigenvalue weighted by atomic mass is 9.47. The third kappa shape index (κ3) is 18.1. The Kier molecular flexibility index (Phi) is 26.7. The van der Waals surface area contributed by atoms with Crippen LogP contribution < -0.4 is 9.47 Å². The number of unbranched alkanes of at least 4 members (excludes halogenated alkanes) is 10. The van der Waals surface area contributed by atoms with Crippen molar-refractivity contribution in [3.63, 3.8) is 0 Å². The molecule has 0 spiro atoms. The van der Waals surface area contributed by atoms with Gasteiger partial charge in [0, 0.05) is 42.0 Å². The Labute approximate surface area is 598 Å². The molecule has 8 aliphatic rings. The van der Waals surface area contributed by atoms with Gasteiger partial charge in [0.25, 0.3) is 0 Å². The van der Waals surface area contributed by atoms with E-state index in [4.69, 9.17) is 18.9 Å². The Morgan fingerprint density at radius 3 is 1.29 bits per heavy atom. The average Bonchev–Trinajstić information content (AvgIpc) is 1.35. The fraction of sp³-hybridized carbons (Fsp3) is 0.710. The molecule has 16 atom stereocenters.